The fourth-order valence-electron chi connectivity index (χ4n) is 1.01. The summed E-state index contributed by atoms with van der Waals surface area (Å²) in [4.78, 5) is 11.3. The molecule has 0 aliphatic rings. The van der Waals surface area contributed by atoms with E-state index in [2.05, 4.69) is 0 Å². The SMILES string of the molecule is CC(C)=CC(=O)SCc1ccccc1. The van der Waals surface area contributed by atoms with E-state index >= 15 is 0 Å². The lowest BCUT2D eigenvalue weighted by molar-refractivity contribution is -0.107. The Morgan fingerprint density at radius 3 is 2.50 bits per heavy atom. The van der Waals surface area contributed by atoms with E-state index in [9.17, 15) is 4.79 Å². The highest BCUT2D eigenvalue weighted by Crippen LogP contribution is 2.13. The molecule has 0 aromatic heterocycles. The van der Waals surface area contributed by atoms with Crippen LogP contribution in [0.1, 0.15) is 19.4 Å². The van der Waals surface area contributed by atoms with Gasteiger partial charge in [0.15, 0.2) is 0 Å². The van der Waals surface area contributed by atoms with Crippen molar-refractivity contribution in [3.8, 4) is 0 Å². The highest BCUT2D eigenvalue weighted by molar-refractivity contribution is 8.13. The first kappa shape index (κ1) is 11.1. The lowest BCUT2D eigenvalue weighted by Gasteiger charge is -1.97. The summed E-state index contributed by atoms with van der Waals surface area (Å²) < 4.78 is 0. The fraction of sp³-hybridized carbons (Fsp3) is 0.250. The van der Waals surface area contributed by atoms with Crippen LogP contribution in [0, 0.1) is 0 Å². The number of benzene rings is 1. The zero-order valence-corrected chi connectivity index (χ0v) is 9.30. The van der Waals surface area contributed by atoms with Gasteiger partial charge in [0.2, 0.25) is 5.12 Å². The van der Waals surface area contributed by atoms with Crippen molar-refractivity contribution in [3.05, 3.63) is 47.5 Å². The van der Waals surface area contributed by atoms with E-state index in [0.717, 1.165) is 11.3 Å². The third-order valence-electron chi connectivity index (χ3n) is 1.63. The highest BCUT2D eigenvalue weighted by atomic mass is 32.2. The number of carbonyl (C=O) groups excluding carboxylic acids is 1. The summed E-state index contributed by atoms with van der Waals surface area (Å²) in [6, 6.07) is 10.0. The summed E-state index contributed by atoms with van der Waals surface area (Å²) in [5.74, 6) is 0.753. The largest absolute Gasteiger partial charge is 0.282 e. The van der Waals surface area contributed by atoms with Gasteiger partial charge in [0.1, 0.15) is 0 Å². The number of carbonyl (C=O) groups is 1. The Morgan fingerprint density at radius 2 is 1.93 bits per heavy atom. The lowest BCUT2D eigenvalue weighted by atomic mass is 10.2. The van der Waals surface area contributed by atoms with Crippen LogP contribution in [0.15, 0.2) is 42.0 Å². The van der Waals surface area contributed by atoms with Crippen LogP contribution in [-0.2, 0) is 10.5 Å². The first-order valence-electron chi connectivity index (χ1n) is 4.54. The minimum Gasteiger partial charge on any atom is -0.282 e. The van der Waals surface area contributed by atoms with Crippen LogP contribution >= 0.6 is 11.8 Å². The number of hydrogen-bond donors (Lipinski definition) is 0. The second-order valence-electron chi connectivity index (χ2n) is 3.31. The van der Waals surface area contributed by atoms with Gasteiger partial charge in [0, 0.05) is 5.75 Å². The molecule has 1 aromatic rings. The van der Waals surface area contributed by atoms with Crippen molar-refractivity contribution in [2.45, 2.75) is 19.6 Å². The average Bonchev–Trinajstić information content (AvgIpc) is 2.15. The van der Waals surface area contributed by atoms with Crippen molar-refractivity contribution in [2.75, 3.05) is 0 Å². The van der Waals surface area contributed by atoms with E-state index in [-0.39, 0.29) is 5.12 Å². The van der Waals surface area contributed by atoms with E-state index in [1.807, 2.05) is 44.2 Å². The minimum absolute atomic E-state index is 0.133. The highest BCUT2D eigenvalue weighted by Gasteiger charge is 1.98. The molecule has 0 fully saturated rings. The standard InChI is InChI=1S/C12H14OS/c1-10(2)8-12(13)14-9-11-6-4-3-5-7-11/h3-8H,9H2,1-2H3. The first-order chi connectivity index (χ1) is 6.68. The van der Waals surface area contributed by atoms with E-state index in [0.29, 0.717) is 0 Å². The van der Waals surface area contributed by atoms with Crippen molar-refractivity contribution in [3.63, 3.8) is 0 Å². The molecule has 0 heterocycles. The quantitative estimate of drug-likeness (QED) is 0.705. The van der Waals surface area contributed by atoms with Crippen molar-refractivity contribution in [1.29, 1.82) is 0 Å². The first-order valence-corrected chi connectivity index (χ1v) is 5.52. The fourth-order valence-corrected chi connectivity index (χ4v) is 1.83. The molecule has 0 radical (unpaired) electrons. The second kappa shape index (κ2) is 5.66. The molecule has 0 saturated carbocycles. The van der Waals surface area contributed by atoms with Crippen LogP contribution < -0.4 is 0 Å². The molecule has 74 valence electrons. The van der Waals surface area contributed by atoms with Crippen LogP contribution in [0.25, 0.3) is 0 Å². The molecule has 0 spiro atoms. The molecule has 0 aliphatic carbocycles. The van der Waals surface area contributed by atoms with Gasteiger partial charge in [0.05, 0.1) is 0 Å². The number of allylic oxidation sites excluding steroid dienone is 1. The van der Waals surface area contributed by atoms with Crippen molar-refractivity contribution in [2.24, 2.45) is 0 Å². The smallest absolute Gasteiger partial charge is 0.212 e. The van der Waals surface area contributed by atoms with Gasteiger partial charge in [-0.15, -0.1) is 0 Å². The summed E-state index contributed by atoms with van der Waals surface area (Å²) in [7, 11) is 0. The van der Waals surface area contributed by atoms with Gasteiger partial charge in [-0.1, -0.05) is 47.7 Å². The van der Waals surface area contributed by atoms with Gasteiger partial charge in [-0.05, 0) is 25.5 Å². The Labute approximate surface area is 89.2 Å². The summed E-state index contributed by atoms with van der Waals surface area (Å²) in [6.07, 6.45) is 1.67. The molecule has 0 atom stereocenters. The van der Waals surface area contributed by atoms with E-state index in [1.54, 1.807) is 6.08 Å². The molecule has 0 aliphatic heterocycles. The Kier molecular flexibility index (Phi) is 4.47. The topological polar surface area (TPSA) is 17.1 Å². The van der Waals surface area contributed by atoms with Crippen LogP contribution in [0.4, 0.5) is 0 Å². The van der Waals surface area contributed by atoms with Gasteiger partial charge in [-0.25, -0.2) is 0 Å². The van der Waals surface area contributed by atoms with E-state index < -0.39 is 0 Å². The maximum Gasteiger partial charge on any atom is 0.212 e. The average molecular weight is 206 g/mol. The summed E-state index contributed by atoms with van der Waals surface area (Å²) in [5.41, 5.74) is 2.24. The molecular weight excluding hydrogens is 192 g/mol. The molecule has 1 nitrogen and oxygen atoms in total. The van der Waals surface area contributed by atoms with Crippen LogP contribution in [0.3, 0.4) is 0 Å². The molecular formula is C12H14OS. The predicted octanol–water partition coefficient (Wildman–Crippen LogP) is 3.41. The molecule has 1 rings (SSSR count). The Balaban J connectivity index is 2.42. The Morgan fingerprint density at radius 1 is 1.29 bits per heavy atom. The maximum atomic E-state index is 11.3. The lowest BCUT2D eigenvalue weighted by Crippen LogP contribution is -1.88. The van der Waals surface area contributed by atoms with Gasteiger partial charge in [0.25, 0.3) is 0 Å². The maximum absolute atomic E-state index is 11.3. The molecule has 0 bridgehead atoms. The molecule has 0 saturated heterocycles. The number of rotatable bonds is 3. The summed E-state index contributed by atoms with van der Waals surface area (Å²) in [6.45, 7) is 3.86. The third-order valence-corrected chi connectivity index (χ3v) is 2.51. The molecule has 2 heteroatoms. The van der Waals surface area contributed by atoms with Gasteiger partial charge < -0.3 is 0 Å². The molecule has 1 aromatic carbocycles. The third kappa shape index (κ3) is 4.28. The predicted molar refractivity (Wildman–Crippen MR) is 62.2 cm³/mol. The van der Waals surface area contributed by atoms with Gasteiger partial charge in [-0.2, -0.15) is 0 Å². The monoisotopic (exact) mass is 206 g/mol. The van der Waals surface area contributed by atoms with Crippen LogP contribution in [0.5, 0.6) is 0 Å². The Bertz CT molecular complexity index is 323. The van der Waals surface area contributed by atoms with Gasteiger partial charge >= 0.3 is 0 Å². The molecule has 14 heavy (non-hydrogen) atoms. The minimum atomic E-state index is 0.133. The van der Waals surface area contributed by atoms with Gasteiger partial charge in [-0.3, -0.25) is 4.79 Å². The summed E-state index contributed by atoms with van der Waals surface area (Å²) in [5, 5.41) is 0.133. The molecule has 0 unspecified atom stereocenters. The number of thioether (sulfide) groups is 1. The number of hydrogen-bond acceptors (Lipinski definition) is 2. The van der Waals surface area contributed by atoms with Crippen molar-refractivity contribution < 1.29 is 4.79 Å². The van der Waals surface area contributed by atoms with Crippen molar-refractivity contribution >= 4 is 16.9 Å². The Hall–Kier alpha value is -1.02. The second-order valence-corrected chi connectivity index (χ2v) is 4.29. The zero-order chi connectivity index (χ0) is 10.4. The van der Waals surface area contributed by atoms with Crippen LogP contribution in [0.2, 0.25) is 0 Å². The van der Waals surface area contributed by atoms with Crippen molar-refractivity contribution in [1.82, 2.24) is 0 Å². The normalized spacial score (nSPS) is 9.57. The van der Waals surface area contributed by atoms with E-state index in [1.165, 1.54) is 17.3 Å². The molecule has 0 N–H and O–H groups in total. The zero-order valence-electron chi connectivity index (χ0n) is 8.49. The van der Waals surface area contributed by atoms with Crippen LogP contribution in [-0.4, -0.2) is 5.12 Å². The summed E-state index contributed by atoms with van der Waals surface area (Å²) >= 11 is 1.34. The van der Waals surface area contributed by atoms with E-state index in [4.69, 9.17) is 0 Å². The molecule has 0 amide bonds.